The summed E-state index contributed by atoms with van der Waals surface area (Å²) in [6, 6.07) is 14.5. The van der Waals surface area contributed by atoms with E-state index >= 15 is 0 Å². The molecule has 0 aliphatic carbocycles. The summed E-state index contributed by atoms with van der Waals surface area (Å²) < 4.78 is 0. The van der Waals surface area contributed by atoms with Crippen molar-refractivity contribution in [3.8, 4) is 0 Å². The van der Waals surface area contributed by atoms with E-state index in [0.29, 0.717) is 0 Å². The van der Waals surface area contributed by atoms with Crippen molar-refractivity contribution in [1.29, 1.82) is 0 Å². The Morgan fingerprint density at radius 2 is 1.61 bits per heavy atom. The molecular formula is C16H18N2. The highest BCUT2D eigenvalue weighted by Gasteiger charge is 1.94. The number of hydrazone groups is 1. The van der Waals surface area contributed by atoms with Crippen LogP contribution in [0.1, 0.15) is 22.3 Å². The van der Waals surface area contributed by atoms with E-state index in [1.807, 2.05) is 12.3 Å². The molecule has 0 saturated heterocycles. The van der Waals surface area contributed by atoms with Gasteiger partial charge in [0.05, 0.1) is 11.9 Å². The summed E-state index contributed by atoms with van der Waals surface area (Å²) in [7, 11) is 0. The van der Waals surface area contributed by atoms with Crippen molar-refractivity contribution in [1.82, 2.24) is 0 Å². The molecule has 0 atom stereocenters. The molecule has 0 bridgehead atoms. The van der Waals surface area contributed by atoms with Gasteiger partial charge in [0, 0.05) is 0 Å². The fraction of sp³-hybridized carbons (Fsp3) is 0.188. The van der Waals surface area contributed by atoms with Crippen LogP contribution in [0.5, 0.6) is 0 Å². The number of aryl methyl sites for hydroxylation is 3. The van der Waals surface area contributed by atoms with Crippen molar-refractivity contribution in [2.75, 3.05) is 5.43 Å². The number of nitrogens with one attached hydrogen (secondary N) is 1. The predicted molar refractivity (Wildman–Crippen MR) is 78.3 cm³/mol. The van der Waals surface area contributed by atoms with Gasteiger partial charge >= 0.3 is 0 Å². The van der Waals surface area contributed by atoms with Crippen molar-refractivity contribution >= 4 is 11.9 Å². The Labute approximate surface area is 108 Å². The molecule has 0 amide bonds. The number of rotatable bonds is 3. The first-order valence-corrected chi connectivity index (χ1v) is 6.08. The van der Waals surface area contributed by atoms with E-state index in [2.05, 4.69) is 67.7 Å². The minimum atomic E-state index is 1.02. The first kappa shape index (κ1) is 12.4. The number of hydrogen-bond acceptors (Lipinski definition) is 2. The molecule has 92 valence electrons. The quantitative estimate of drug-likeness (QED) is 0.633. The zero-order valence-electron chi connectivity index (χ0n) is 11.1. The number of anilines is 1. The largest absolute Gasteiger partial charge is 0.278 e. The maximum absolute atomic E-state index is 4.24. The Hall–Kier alpha value is -2.09. The second-order valence-electron chi connectivity index (χ2n) is 4.58. The van der Waals surface area contributed by atoms with Crippen molar-refractivity contribution in [2.45, 2.75) is 20.8 Å². The standard InChI is InChI=1S/C16H18N2/c1-12-4-7-15(8-5-12)11-17-18-16-9-6-13(2)14(3)10-16/h4-11,18H,1-3H3/b17-11+. The van der Waals surface area contributed by atoms with Gasteiger partial charge in [0.25, 0.3) is 0 Å². The molecule has 0 spiro atoms. The average Bonchev–Trinajstić information content (AvgIpc) is 2.36. The van der Waals surface area contributed by atoms with Crippen molar-refractivity contribution < 1.29 is 0 Å². The molecule has 0 aliphatic heterocycles. The predicted octanol–water partition coefficient (Wildman–Crippen LogP) is 4.06. The molecule has 2 aromatic rings. The van der Waals surface area contributed by atoms with Gasteiger partial charge < -0.3 is 0 Å². The van der Waals surface area contributed by atoms with Crippen LogP contribution in [0.3, 0.4) is 0 Å². The number of benzene rings is 2. The molecule has 0 aromatic heterocycles. The van der Waals surface area contributed by atoms with Crippen LogP contribution in [-0.4, -0.2) is 6.21 Å². The van der Waals surface area contributed by atoms with E-state index in [1.165, 1.54) is 16.7 Å². The first-order valence-electron chi connectivity index (χ1n) is 6.08. The van der Waals surface area contributed by atoms with Gasteiger partial charge in [0.15, 0.2) is 0 Å². The average molecular weight is 238 g/mol. The summed E-state index contributed by atoms with van der Waals surface area (Å²) in [5.74, 6) is 0. The Kier molecular flexibility index (Phi) is 3.78. The Balaban J connectivity index is 2.02. The lowest BCUT2D eigenvalue weighted by Gasteiger charge is -2.04. The van der Waals surface area contributed by atoms with Crippen LogP contribution in [0.2, 0.25) is 0 Å². The molecule has 2 aromatic carbocycles. The second kappa shape index (κ2) is 5.50. The normalized spacial score (nSPS) is 10.8. The summed E-state index contributed by atoms with van der Waals surface area (Å²) in [6.45, 7) is 6.28. The highest BCUT2D eigenvalue weighted by Crippen LogP contribution is 2.13. The van der Waals surface area contributed by atoms with Crippen LogP contribution in [0.15, 0.2) is 47.6 Å². The van der Waals surface area contributed by atoms with E-state index in [4.69, 9.17) is 0 Å². The molecule has 2 nitrogen and oxygen atoms in total. The summed E-state index contributed by atoms with van der Waals surface area (Å²) in [6.07, 6.45) is 1.83. The van der Waals surface area contributed by atoms with Gasteiger partial charge in [0.1, 0.15) is 0 Å². The molecule has 18 heavy (non-hydrogen) atoms. The molecule has 0 radical (unpaired) electrons. The van der Waals surface area contributed by atoms with Gasteiger partial charge in [-0.2, -0.15) is 5.10 Å². The monoisotopic (exact) mass is 238 g/mol. The molecule has 0 fully saturated rings. The fourth-order valence-electron chi connectivity index (χ4n) is 1.64. The summed E-state index contributed by atoms with van der Waals surface area (Å²) >= 11 is 0. The highest BCUT2D eigenvalue weighted by molar-refractivity contribution is 5.80. The lowest BCUT2D eigenvalue weighted by molar-refractivity contribution is 1.29. The van der Waals surface area contributed by atoms with Gasteiger partial charge in [-0.15, -0.1) is 0 Å². The second-order valence-corrected chi connectivity index (χ2v) is 4.58. The Morgan fingerprint density at radius 1 is 0.889 bits per heavy atom. The topological polar surface area (TPSA) is 24.4 Å². The van der Waals surface area contributed by atoms with Crippen LogP contribution in [0, 0.1) is 20.8 Å². The zero-order valence-corrected chi connectivity index (χ0v) is 11.1. The lowest BCUT2D eigenvalue weighted by Crippen LogP contribution is -1.92. The minimum Gasteiger partial charge on any atom is -0.278 e. The van der Waals surface area contributed by atoms with Crippen molar-refractivity contribution in [3.63, 3.8) is 0 Å². The maximum Gasteiger partial charge on any atom is 0.0564 e. The minimum absolute atomic E-state index is 1.02. The molecule has 0 saturated carbocycles. The summed E-state index contributed by atoms with van der Waals surface area (Å²) in [5.41, 5.74) is 8.98. The van der Waals surface area contributed by atoms with Crippen LogP contribution < -0.4 is 5.43 Å². The molecule has 0 aliphatic rings. The van der Waals surface area contributed by atoms with E-state index in [0.717, 1.165) is 11.3 Å². The maximum atomic E-state index is 4.24. The van der Waals surface area contributed by atoms with Crippen LogP contribution >= 0.6 is 0 Å². The molecule has 0 heterocycles. The summed E-state index contributed by atoms with van der Waals surface area (Å²) in [4.78, 5) is 0. The van der Waals surface area contributed by atoms with Gasteiger partial charge in [-0.25, -0.2) is 0 Å². The fourth-order valence-corrected chi connectivity index (χ4v) is 1.64. The van der Waals surface area contributed by atoms with E-state index < -0.39 is 0 Å². The van der Waals surface area contributed by atoms with Crippen LogP contribution in [0.4, 0.5) is 5.69 Å². The molecule has 2 rings (SSSR count). The molecule has 2 heteroatoms. The third kappa shape index (κ3) is 3.20. The lowest BCUT2D eigenvalue weighted by atomic mass is 10.1. The zero-order chi connectivity index (χ0) is 13.0. The van der Waals surface area contributed by atoms with Gasteiger partial charge in [-0.05, 0) is 49.6 Å². The number of hydrogen-bond donors (Lipinski definition) is 1. The van der Waals surface area contributed by atoms with Crippen molar-refractivity contribution in [2.24, 2.45) is 5.10 Å². The molecule has 1 N–H and O–H groups in total. The molecular weight excluding hydrogens is 220 g/mol. The van der Waals surface area contributed by atoms with E-state index in [9.17, 15) is 0 Å². The third-order valence-electron chi connectivity index (χ3n) is 2.99. The smallest absolute Gasteiger partial charge is 0.0564 e. The Bertz CT molecular complexity index is 554. The van der Waals surface area contributed by atoms with E-state index in [-0.39, 0.29) is 0 Å². The first-order chi connectivity index (χ1) is 8.65. The number of nitrogens with zero attached hydrogens (tertiary/aromatic N) is 1. The van der Waals surface area contributed by atoms with Crippen LogP contribution in [0.25, 0.3) is 0 Å². The van der Waals surface area contributed by atoms with E-state index in [1.54, 1.807) is 0 Å². The highest BCUT2D eigenvalue weighted by atomic mass is 15.3. The summed E-state index contributed by atoms with van der Waals surface area (Å²) in [5, 5.41) is 4.24. The van der Waals surface area contributed by atoms with Crippen molar-refractivity contribution in [3.05, 3.63) is 64.7 Å². The SMILES string of the molecule is Cc1ccc(/C=N/Nc2ccc(C)c(C)c2)cc1. The van der Waals surface area contributed by atoms with Gasteiger partial charge in [-0.3, -0.25) is 5.43 Å². The third-order valence-corrected chi connectivity index (χ3v) is 2.99. The van der Waals surface area contributed by atoms with Gasteiger partial charge in [-0.1, -0.05) is 35.9 Å². The Morgan fingerprint density at radius 3 is 2.28 bits per heavy atom. The van der Waals surface area contributed by atoms with Crippen LogP contribution in [-0.2, 0) is 0 Å². The molecule has 0 unspecified atom stereocenters. The van der Waals surface area contributed by atoms with Gasteiger partial charge in [0.2, 0.25) is 0 Å².